The quantitative estimate of drug-likeness (QED) is 0.437. The second-order valence-electron chi connectivity index (χ2n) is 3.40. The van der Waals surface area contributed by atoms with Crippen molar-refractivity contribution in [3.05, 3.63) is 25.7 Å². The van der Waals surface area contributed by atoms with Gasteiger partial charge in [-0.05, 0) is 34.7 Å². The highest BCUT2D eigenvalue weighted by atomic mass is 127. The third-order valence-corrected chi connectivity index (χ3v) is 4.21. The van der Waals surface area contributed by atoms with E-state index in [1.54, 1.807) is 12.1 Å². The molecular formula is C11H14Cl2IN3O2. The van der Waals surface area contributed by atoms with E-state index in [2.05, 4.69) is 10.9 Å². The van der Waals surface area contributed by atoms with E-state index in [4.69, 9.17) is 27.9 Å². The number of benzene rings is 1. The molecule has 19 heavy (non-hydrogen) atoms. The van der Waals surface area contributed by atoms with Crippen molar-refractivity contribution in [2.24, 2.45) is 0 Å². The molecule has 1 aromatic rings. The summed E-state index contributed by atoms with van der Waals surface area (Å²) in [7, 11) is 0. The highest BCUT2D eigenvalue weighted by Gasteiger charge is 2.17. The van der Waals surface area contributed by atoms with Crippen molar-refractivity contribution in [1.29, 1.82) is 0 Å². The summed E-state index contributed by atoms with van der Waals surface area (Å²) in [5.41, 5.74) is 5.67. The van der Waals surface area contributed by atoms with Gasteiger partial charge < -0.3 is 4.74 Å². The first kappa shape index (κ1) is 16.8. The second-order valence-corrected chi connectivity index (χ2v) is 5.26. The number of nitrogens with one attached hydrogen (secondary N) is 2. The number of hydrogen-bond acceptors (Lipinski definition) is 4. The van der Waals surface area contributed by atoms with Gasteiger partial charge in [0.05, 0.1) is 13.6 Å². The van der Waals surface area contributed by atoms with E-state index in [1.807, 2.05) is 36.4 Å². The predicted molar refractivity (Wildman–Crippen MR) is 84.4 cm³/mol. The molecule has 0 unspecified atom stereocenters. The fraction of sp³-hybridized carbons (Fsp3) is 0.364. The lowest BCUT2D eigenvalue weighted by Gasteiger charge is -2.22. The molecule has 0 radical (unpaired) electrons. The van der Waals surface area contributed by atoms with Gasteiger partial charge in [-0.25, -0.2) is 15.6 Å². The van der Waals surface area contributed by atoms with Crippen LogP contribution in [0.4, 0.5) is 4.79 Å². The van der Waals surface area contributed by atoms with Crippen LogP contribution in [0.2, 0.25) is 10.0 Å². The minimum Gasteiger partial charge on any atom is -0.407 e. The Morgan fingerprint density at radius 3 is 2.42 bits per heavy atom. The fourth-order valence-corrected chi connectivity index (χ4v) is 2.28. The Morgan fingerprint density at radius 1 is 1.32 bits per heavy atom. The molecule has 106 valence electrons. The van der Waals surface area contributed by atoms with Crippen LogP contribution < -0.4 is 15.6 Å². The van der Waals surface area contributed by atoms with Gasteiger partial charge in [0.25, 0.3) is 0 Å². The molecule has 0 saturated carbocycles. The Balaban J connectivity index is 2.83. The van der Waals surface area contributed by atoms with Crippen LogP contribution in [-0.4, -0.2) is 24.3 Å². The Hall–Kier alpha value is -0.280. The van der Waals surface area contributed by atoms with E-state index < -0.39 is 6.09 Å². The fourth-order valence-electron chi connectivity index (χ4n) is 1.23. The van der Waals surface area contributed by atoms with Crippen LogP contribution >= 0.6 is 45.8 Å². The van der Waals surface area contributed by atoms with Gasteiger partial charge in [0.15, 0.2) is 0 Å². The largest absolute Gasteiger partial charge is 0.444 e. The third kappa shape index (κ3) is 4.64. The SMILES string of the molecule is CCNN(NCC)C(=O)Oc1ccc(Cl)c(Cl)c1I. The lowest BCUT2D eigenvalue weighted by Crippen LogP contribution is -2.52. The van der Waals surface area contributed by atoms with Crippen molar-refractivity contribution in [3.8, 4) is 5.75 Å². The summed E-state index contributed by atoms with van der Waals surface area (Å²) in [6, 6.07) is 3.18. The lowest BCUT2D eigenvalue weighted by atomic mass is 10.3. The van der Waals surface area contributed by atoms with Crippen molar-refractivity contribution in [1.82, 2.24) is 16.0 Å². The zero-order valence-electron chi connectivity index (χ0n) is 10.5. The van der Waals surface area contributed by atoms with Crippen LogP contribution in [0.25, 0.3) is 0 Å². The van der Waals surface area contributed by atoms with E-state index in [0.29, 0.717) is 32.5 Å². The second kappa shape index (κ2) is 8.11. The maximum absolute atomic E-state index is 11.9. The van der Waals surface area contributed by atoms with Crippen LogP contribution in [0, 0.1) is 3.57 Å². The first-order chi connectivity index (χ1) is 9.01. The summed E-state index contributed by atoms with van der Waals surface area (Å²) >= 11 is 13.8. The molecule has 1 amide bonds. The standard InChI is InChI=1S/C11H14Cl2IN3O2/c1-3-15-17(16-4-2)11(18)19-8-6-5-7(12)9(13)10(8)14/h5-6,15-16H,3-4H2,1-2H3. The van der Waals surface area contributed by atoms with Gasteiger partial charge in [-0.15, -0.1) is 0 Å². The van der Waals surface area contributed by atoms with Crippen molar-refractivity contribution in [3.63, 3.8) is 0 Å². The molecule has 2 N–H and O–H groups in total. The third-order valence-electron chi connectivity index (χ3n) is 2.01. The van der Waals surface area contributed by atoms with E-state index in [1.165, 1.54) is 5.12 Å². The zero-order chi connectivity index (χ0) is 14.4. The summed E-state index contributed by atoms with van der Waals surface area (Å²) in [4.78, 5) is 11.9. The molecule has 5 nitrogen and oxygen atoms in total. The van der Waals surface area contributed by atoms with Gasteiger partial charge in [0, 0.05) is 13.1 Å². The molecule has 1 rings (SSSR count). The molecule has 1 aromatic carbocycles. The maximum Gasteiger partial charge on any atom is 0.444 e. The highest BCUT2D eigenvalue weighted by molar-refractivity contribution is 14.1. The number of ether oxygens (including phenoxy) is 1. The Kier molecular flexibility index (Phi) is 7.16. The number of hydrazine groups is 2. The summed E-state index contributed by atoms with van der Waals surface area (Å²) in [5, 5.41) is 1.98. The van der Waals surface area contributed by atoms with Gasteiger partial charge >= 0.3 is 6.09 Å². The Labute approximate surface area is 135 Å². The number of carbonyl (C=O) groups excluding carboxylic acids is 1. The minimum absolute atomic E-state index is 0.362. The molecule has 0 atom stereocenters. The van der Waals surface area contributed by atoms with Crippen LogP contribution in [0.3, 0.4) is 0 Å². The van der Waals surface area contributed by atoms with Crippen LogP contribution in [0.15, 0.2) is 12.1 Å². The highest BCUT2D eigenvalue weighted by Crippen LogP contribution is 2.34. The van der Waals surface area contributed by atoms with Crippen molar-refractivity contribution in [2.75, 3.05) is 13.1 Å². The molecule has 0 aromatic heterocycles. The van der Waals surface area contributed by atoms with Crippen LogP contribution in [0.1, 0.15) is 13.8 Å². The Bertz CT molecular complexity index is 454. The molecule has 8 heteroatoms. The molecule has 0 bridgehead atoms. The van der Waals surface area contributed by atoms with Gasteiger partial charge in [0.2, 0.25) is 0 Å². The molecule has 0 aliphatic carbocycles. The number of carbonyl (C=O) groups is 1. The molecule has 0 saturated heterocycles. The summed E-state index contributed by atoms with van der Waals surface area (Å²) in [5.74, 6) is 0.362. The number of amides is 1. The number of halogens is 3. The van der Waals surface area contributed by atoms with E-state index >= 15 is 0 Å². The number of hydrogen-bond donors (Lipinski definition) is 2. The van der Waals surface area contributed by atoms with Crippen LogP contribution in [-0.2, 0) is 0 Å². The topological polar surface area (TPSA) is 53.6 Å². The summed E-state index contributed by atoms with van der Waals surface area (Å²) < 4.78 is 5.85. The number of nitrogens with zero attached hydrogens (tertiary/aromatic N) is 1. The van der Waals surface area contributed by atoms with Crippen molar-refractivity contribution >= 4 is 51.9 Å². The van der Waals surface area contributed by atoms with Gasteiger partial charge in [-0.2, -0.15) is 5.12 Å². The first-order valence-electron chi connectivity index (χ1n) is 5.63. The molecule has 0 aliphatic rings. The monoisotopic (exact) mass is 417 g/mol. The normalized spacial score (nSPS) is 10.4. The molecular weight excluding hydrogens is 404 g/mol. The average Bonchev–Trinajstić information content (AvgIpc) is 2.39. The molecule has 0 aliphatic heterocycles. The Morgan fingerprint density at radius 2 is 1.89 bits per heavy atom. The lowest BCUT2D eigenvalue weighted by molar-refractivity contribution is 0.0964. The van der Waals surface area contributed by atoms with Crippen molar-refractivity contribution < 1.29 is 9.53 Å². The first-order valence-corrected chi connectivity index (χ1v) is 7.47. The van der Waals surface area contributed by atoms with E-state index in [-0.39, 0.29) is 0 Å². The van der Waals surface area contributed by atoms with Crippen LogP contribution in [0.5, 0.6) is 5.75 Å². The van der Waals surface area contributed by atoms with E-state index in [0.717, 1.165) is 0 Å². The molecule has 0 spiro atoms. The minimum atomic E-state index is -0.569. The molecule has 0 heterocycles. The van der Waals surface area contributed by atoms with Gasteiger partial charge in [-0.1, -0.05) is 37.0 Å². The maximum atomic E-state index is 11.9. The molecule has 0 fully saturated rings. The van der Waals surface area contributed by atoms with Crippen molar-refractivity contribution in [2.45, 2.75) is 13.8 Å². The van der Waals surface area contributed by atoms with E-state index in [9.17, 15) is 4.79 Å². The number of rotatable bonds is 5. The predicted octanol–water partition coefficient (Wildman–Crippen LogP) is 3.45. The summed E-state index contributed by atoms with van der Waals surface area (Å²) in [6.45, 7) is 4.92. The van der Waals surface area contributed by atoms with Gasteiger partial charge in [0.1, 0.15) is 5.75 Å². The smallest absolute Gasteiger partial charge is 0.407 e. The van der Waals surface area contributed by atoms with Gasteiger partial charge in [-0.3, -0.25) is 0 Å². The summed E-state index contributed by atoms with van der Waals surface area (Å²) in [6.07, 6.45) is -0.569. The zero-order valence-corrected chi connectivity index (χ0v) is 14.1. The average molecular weight is 418 g/mol.